The van der Waals surface area contributed by atoms with Gasteiger partial charge in [0.15, 0.2) is 0 Å². The average molecular weight is 261 g/mol. The highest BCUT2D eigenvalue weighted by molar-refractivity contribution is 5.27. The van der Waals surface area contributed by atoms with Gasteiger partial charge in [0.25, 0.3) is 0 Å². The summed E-state index contributed by atoms with van der Waals surface area (Å²) in [5, 5.41) is 3.67. The van der Waals surface area contributed by atoms with Gasteiger partial charge in [-0.15, -0.1) is 0 Å². The van der Waals surface area contributed by atoms with Crippen LogP contribution >= 0.6 is 0 Å². The zero-order chi connectivity index (χ0) is 13.5. The maximum Gasteiger partial charge on any atom is 0.0770 e. The van der Waals surface area contributed by atoms with Crippen LogP contribution in [0, 0.1) is 0 Å². The van der Waals surface area contributed by atoms with Crippen LogP contribution in [0.25, 0.3) is 0 Å². The van der Waals surface area contributed by atoms with E-state index in [0.29, 0.717) is 12.1 Å². The minimum absolute atomic E-state index is 0.350. The van der Waals surface area contributed by atoms with E-state index in [9.17, 15) is 0 Å². The van der Waals surface area contributed by atoms with Gasteiger partial charge in [-0.05, 0) is 43.4 Å². The van der Waals surface area contributed by atoms with E-state index in [4.69, 9.17) is 4.74 Å². The lowest BCUT2D eigenvalue weighted by Gasteiger charge is -2.25. The summed E-state index contributed by atoms with van der Waals surface area (Å²) >= 11 is 0. The number of benzene rings is 1. The quantitative estimate of drug-likeness (QED) is 0.804. The fourth-order valence-corrected chi connectivity index (χ4v) is 2.86. The Morgan fingerprint density at radius 3 is 2.89 bits per heavy atom. The number of hydrogen-bond acceptors (Lipinski definition) is 2. The SMILES string of the molecule is CCCNC(c1cccc(CCC)c1)C1CCCO1. The van der Waals surface area contributed by atoms with Crippen LogP contribution in [0.3, 0.4) is 0 Å². The molecule has 2 heteroatoms. The summed E-state index contributed by atoms with van der Waals surface area (Å²) in [6.45, 7) is 6.43. The fraction of sp³-hybridized carbons (Fsp3) is 0.647. The molecule has 1 aliphatic rings. The maximum absolute atomic E-state index is 5.90. The lowest BCUT2D eigenvalue weighted by Crippen LogP contribution is -2.32. The molecule has 0 spiro atoms. The van der Waals surface area contributed by atoms with Crippen LogP contribution in [-0.2, 0) is 11.2 Å². The topological polar surface area (TPSA) is 21.3 Å². The third-order valence-corrected chi connectivity index (χ3v) is 3.80. The van der Waals surface area contributed by atoms with Gasteiger partial charge in [-0.3, -0.25) is 0 Å². The lowest BCUT2D eigenvalue weighted by atomic mass is 9.96. The number of hydrogen-bond donors (Lipinski definition) is 1. The van der Waals surface area contributed by atoms with Gasteiger partial charge >= 0.3 is 0 Å². The van der Waals surface area contributed by atoms with Gasteiger partial charge in [-0.1, -0.05) is 44.5 Å². The second-order valence-electron chi connectivity index (χ2n) is 5.48. The molecule has 0 radical (unpaired) electrons. The minimum Gasteiger partial charge on any atom is -0.376 e. The van der Waals surface area contributed by atoms with Gasteiger partial charge in [0, 0.05) is 6.61 Å². The Bertz CT molecular complexity index is 371. The molecule has 0 amide bonds. The first-order chi connectivity index (χ1) is 9.35. The molecule has 1 aliphatic heterocycles. The van der Waals surface area contributed by atoms with Crippen LogP contribution in [0.15, 0.2) is 24.3 Å². The summed E-state index contributed by atoms with van der Waals surface area (Å²) in [6, 6.07) is 9.39. The first-order valence-corrected chi connectivity index (χ1v) is 7.79. The second kappa shape index (κ2) is 7.66. The molecule has 1 N–H and O–H groups in total. The van der Waals surface area contributed by atoms with Gasteiger partial charge < -0.3 is 10.1 Å². The summed E-state index contributed by atoms with van der Waals surface area (Å²) in [6.07, 6.45) is 6.26. The van der Waals surface area contributed by atoms with Crippen LogP contribution in [0.5, 0.6) is 0 Å². The highest BCUT2D eigenvalue weighted by Gasteiger charge is 2.26. The molecule has 2 nitrogen and oxygen atoms in total. The third kappa shape index (κ3) is 4.05. The molecule has 0 saturated carbocycles. The van der Waals surface area contributed by atoms with E-state index < -0.39 is 0 Å². The molecule has 1 aromatic carbocycles. The predicted octanol–water partition coefficient (Wildman–Crippen LogP) is 3.86. The maximum atomic E-state index is 5.90. The number of rotatable bonds is 7. The molecule has 0 aromatic heterocycles. The van der Waals surface area contributed by atoms with Gasteiger partial charge in [0.05, 0.1) is 12.1 Å². The Labute approximate surface area is 117 Å². The molecule has 0 bridgehead atoms. The van der Waals surface area contributed by atoms with Gasteiger partial charge in [-0.25, -0.2) is 0 Å². The van der Waals surface area contributed by atoms with Crippen molar-refractivity contribution in [3.8, 4) is 0 Å². The van der Waals surface area contributed by atoms with Gasteiger partial charge in [0.2, 0.25) is 0 Å². The van der Waals surface area contributed by atoms with Crippen molar-refractivity contribution in [1.29, 1.82) is 0 Å². The number of aryl methyl sites for hydroxylation is 1. The highest BCUT2D eigenvalue weighted by atomic mass is 16.5. The lowest BCUT2D eigenvalue weighted by molar-refractivity contribution is 0.0783. The number of nitrogens with one attached hydrogen (secondary N) is 1. The molecule has 1 aromatic rings. The van der Waals surface area contributed by atoms with Crippen molar-refractivity contribution in [3.05, 3.63) is 35.4 Å². The zero-order valence-electron chi connectivity index (χ0n) is 12.3. The van der Waals surface area contributed by atoms with Crippen LogP contribution < -0.4 is 5.32 Å². The smallest absolute Gasteiger partial charge is 0.0770 e. The molecule has 1 fully saturated rings. The normalized spacial score (nSPS) is 20.6. The second-order valence-corrected chi connectivity index (χ2v) is 5.48. The van der Waals surface area contributed by atoms with E-state index in [1.807, 2.05) is 0 Å². The average Bonchev–Trinajstić information content (AvgIpc) is 2.94. The van der Waals surface area contributed by atoms with E-state index in [2.05, 4.69) is 43.4 Å². The van der Waals surface area contributed by atoms with Crippen LogP contribution in [0.2, 0.25) is 0 Å². The van der Waals surface area contributed by atoms with Crippen molar-refractivity contribution in [3.63, 3.8) is 0 Å². The predicted molar refractivity (Wildman–Crippen MR) is 80.4 cm³/mol. The van der Waals surface area contributed by atoms with E-state index in [1.165, 1.54) is 36.8 Å². The fourth-order valence-electron chi connectivity index (χ4n) is 2.86. The molecular weight excluding hydrogens is 234 g/mol. The Morgan fingerprint density at radius 1 is 1.32 bits per heavy atom. The zero-order valence-corrected chi connectivity index (χ0v) is 12.3. The Hall–Kier alpha value is -0.860. The van der Waals surface area contributed by atoms with Crippen molar-refractivity contribution in [2.24, 2.45) is 0 Å². The summed E-state index contributed by atoms with van der Waals surface area (Å²) in [4.78, 5) is 0. The molecule has 106 valence electrons. The summed E-state index contributed by atoms with van der Waals surface area (Å²) in [7, 11) is 0. The largest absolute Gasteiger partial charge is 0.376 e. The molecule has 2 rings (SSSR count). The summed E-state index contributed by atoms with van der Waals surface area (Å²) in [5.74, 6) is 0. The molecular formula is C17H27NO. The summed E-state index contributed by atoms with van der Waals surface area (Å²) in [5.41, 5.74) is 2.84. The van der Waals surface area contributed by atoms with Crippen LogP contribution in [0.1, 0.15) is 56.7 Å². The Kier molecular flexibility index (Phi) is 5.87. The summed E-state index contributed by atoms with van der Waals surface area (Å²) < 4.78 is 5.90. The minimum atomic E-state index is 0.350. The van der Waals surface area contributed by atoms with Crippen molar-refractivity contribution >= 4 is 0 Å². The van der Waals surface area contributed by atoms with Crippen molar-refractivity contribution in [2.45, 2.75) is 58.1 Å². The first kappa shape index (κ1) is 14.5. The molecule has 2 unspecified atom stereocenters. The van der Waals surface area contributed by atoms with Crippen LogP contribution in [-0.4, -0.2) is 19.3 Å². The van der Waals surface area contributed by atoms with Crippen molar-refractivity contribution < 1.29 is 4.74 Å². The Morgan fingerprint density at radius 2 is 2.21 bits per heavy atom. The van der Waals surface area contributed by atoms with Gasteiger partial charge in [-0.2, -0.15) is 0 Å². The van der Waals surface area contributed by atoms with E-state index >= 15 is 0 Å². The van der Waals surface area contributed by atoms with Crippen molar-refractivity contribution in [2.75, 3.05) is 13.2 Å². The molecule has 19 heavy (non-hydrogen) atoms. The molecule has 2 atom stereocenters. The monoisotopic (exact) mass is 261 g/mol. The van der Waals surface area contributed by atoms with Gasteiger partial charge in [0.1, 0.15) is 0 Å². The first-order valence-electron chi connectivity index (χ1n) is 7.79. The van der Waals surface area contributed by atoms with E-state index in [0.717, 1.165) is 19.6 Å². The Balaban J connectivity index is 2.13. The highest BCUT2D eigenvalue weighted by Crippen LogP contribution is 2.27. The van der Waals surface area contributed by atoms with E-state index in [-0.39, 0.29) is 0 Å². The number of ether oxygens (including phenoxy) is 1. The molecule has 0 aliphatic carbocycles. The molecule has 1 saturated heterocycles. The standard InChI is InChI=1S/C17H27NO/c1-3-7-14-8-5-9-15(13-14)17(18-11-4-2)16-10-6-12-19-16/h5,8-9,13,16-18H,3-4,6-7,10-12H2,1-2H3. The molecule has 1 heterocycles. The van der Waals surface area contributed by atoms with E-state index in [1.54, 1.807) is 0 Å². The van der Waals surface area contributed by atoms with Crippen molar-refractivity contribution in [1.82, 2.24) is 5.32 Å². The van der Waals surface area contributed by atoms with Crippen LogP contribution in [0.4, 0.5) is 0 Å². The third-order valence-electron chi connectivity index (χ3n) is 3.80.